The van der Waals surface area contributed by atoms with E-state index in [0.717, 1.165) is 25.0 Å². The van der Waals surface area contributed by atoms with E-state index < -0.39 is 0 Å². The SMILES string of the molecule is C/C(=N\O)c1ncc(CCCCO)[nH]1. The zero-order chi connectivity index (χ0) is 10.4. The number of imidazole rings is 1. The first-order valence-corrected chi connectivity index (χ1v) is 4.61. The number of aliphatic hydroxyl groups excluding tert-OH is 1. The van der Waals surface area contributed by atoms with Gasteiger partial charge in [-0.3, -0.25) is 0 Å². The Kier molecular flexibility index (Phi) is 4.12. The summed E-state index contributed by atoms with van der Waals surface area (Å²) in [7, 11) is 0. The van der Waals surface area contributed by atoms with Gasteiger partial charge in [0.2, 0.25) is 0 Å². The Bertz CT molecular complexity index is 307. The van der Waals surface area contributed by atoms with Crippen molar-refractivity contribution in [1.29, 1.82) is 0 Å². The summed E-state index contributed by atoms with van der Waals surface area (Å²) < 4.78 is 0. The highest BCUT2D eigenvalue weighted by molar-refractivity contribution is 5.94. The van der Waals surface area contributed by atoms with Crippen molar-refractivity contribution in [2.45, 2.75) is 26.2 Å². The predicted molar refractivity (Wildman–Crippen MR) is 52.6 cm³/mol. The molecule has 0 aliphatic heterocycles. The molecule has 0 fully saturated rings. The lowest BCUT2D eigenvalue weighted by atomic mass is 10.2. The maximum Gasteiger partial charge on any atom is 0.155 e. The number of hydrogen-bond donors (Lipinski definition) is 3. The summed E-state index contributed by atoms with van der Waals surface area (Å²) in [5, 5.41) is 20.2. The molecule has 0 aromatic carbocycles. The second-order valence-corrected chi connectivity index (χ2v) is 3.12. The molecular weight excluding hydrogens is 182 g/mol. The van der Waals surface area contributed by atoms with E-state index in [1.807, 2.05) is 0 Å². The van der Waals surface area contributed by atoms with Crippen LogP contribution in [0.25, 0.3) is 0 Å². The number of rotatable bonds is 5. The minimum atomic E-state index is 0.220. The molecule has 0 unspecified atom stereocenters. The Labute approximate surface area is 82.5 Å². The third-order valence-electron chi connectivity index (χ3n) is 1.98. The van der Waals surface area contributed by atoms with Gasteiger partial charge in [-0.2, -0.15) is 0 Å². The van der Waals surface area contributed by atoms with Gasteiger partial charge < -0.3 is 15.3 Å². The summed E-state index contributed by atoms with van der Waals surface area (Å²) in [6.07, 6.45) is 4.29. The first kappa shape index (κ1) is 10.7. The van der Waals surface area contributed by atoms with Crippen LogP contribution < -0.4 is 0 Å². The molecule has 0 aliphatic rings. The lowest BCUT2D eigenvalue weighted by Crippen LogP contribution is -1.97. The van der Waals surface area contributed by atoms with Crippen LogP contribution in [-0.4, -0.2) is 32.6 Å². The van der Waals surface area contributed by atoms with Crippen LogP contribution in [0, 0.1) is 0 Å². The van der Waals surface area contributed by atoms with Gasteiger partial charge in [-0.1, -0.05) is 5.16 Å². The van der Waals surface area contributed by atoms with Crippen molar-refractivity contribution in [2.75, 3.05) is 6.61 Å². The Morgan fingerprint density at radius 2 is 2.36 bits per heavy atom. The smallest absolute Gasteiger partial charge is 0.155 e. The van der Waals surface area contributed by atoms with Gasteiger partial charge in [-0.05, 0) is 26.2 Å². The molecule has 78 valence electrons. The van der Waals surface area contributed by atoms with E-state index in [4.69, 9.17) is 10.3 Å². The summed E-state index contributed by atoms with van der Waals surface area (Å²) in [6, 6.07) is 0. The Morgan fingerprint density at radius 3 is 3.00 bits per heavy atom. The van der Waals surface area contributed by atoms with Gasteiger partial charge >= 0.3 is 0 Å². The van der Waals surface area contributed by atoms with Crippen LogP contribution in [0.15, 0.2) is 11.4 Å². The van der Waals surface area contributed by atoms with Gasteiger partial charge in [0.15, 0.2) is 5.82 Å². The lowest BCUT2D eigenvalue weighted by molar-refractivity contribution is 0.284. The van der Waals surface area contributed by atoms with Crippen LogP contribution >= 0.6 is 0 Å². The van der Waals surface area contributed by atoms with Crippen molar-refractivity contribution in [2.24, 2.45) is 5.16 Å². The summed E-state index contributed by atoms with van der Waals surface area (Å²) in [6.45, 7) is 1.90. The molecule has 0 radical (unpaired) electrons. The van der Waals surface area contributed by atoms with E-state index in [9.17, 15) is 0 Å². The summed E-state index contributed by atoms with van der Waals surface area (Å²) in [4.78, 5) is 7.10. The third kappa shape index (κ3) is 2.85. The second-order valence-electron chi connectivity index (χ2n) is 3.12. The molecule has 0 amide bonds. The average Bonchev–Trinajstić information content (AvgIpc) is 2.66. The van der Waals surface area contributed by atoms with Crippen molar-refractivity contribution in [3.8, 4) is 0 Å². The quantitative estimate of drug-likeness (QED) is 0.284. The largest absolute Gasteiger partial charge is 0.411 e. The normalized spacial score (nSPS) is 12.0. The van der Waals surface area contributed by atoms with Crippen LogP contribution in [0.1, 0.15) is 31.3 Å². The molecule has 1 rings (SSSR count). The molecule has 5 nitrogen and oxygen atoms in total. The number of oxime groups is 1. The van der Waals surface area contributed by atoms with Gasteiger partial charge in [-0.25, -0.2) is 4.98 Å². The van der Waals surface area contributed by atoms with Crippen LogP contribution in [0.3, 0.4) is 0 Å². The van der Waals surface area contributed by atoms with Crippen molar-refractivity contribution in [3.05, 3.63) is 17.7 Å². The molecule has 0 aliphatic carbocycles. The zero-order valence-electron chi connectivity index (χ0n) is 8.19. The van der Waals surface area contributed by atoms with E-state index in [0.29, 0.717) is 11.5 Å². The highest BCUT2D eigenvalue weighted by Crippen LogP contribution is 2.03. The highest BCUT2D eigenvalue weighted by atomic mass is 16.4. The molecule has 1 aromatic heterocycles. The van der Waals surface area contributed by atoms with Crippen LogP contribution in [0.5, 0.6) is 0 Å². The van der Waals surface area contributed by atoms with Gasteiger partial charge in [0, 0.05) is 18.5 Å². The topological polar surface area (TPSA) is 81.5 Å². The second kappa shape index (κ2) is 5.39. The van der Waals surface area contributed by atoms with Crippen molar-refractivity contribution in [3.63, 3.8) is 0 Å². The molecule has 3 N–H and O–H groups in total. The summed E-state index contributed by atoms with van der Waals surface area (Å²) >= 11 is 0. The zero-order valence-corrected chi connectivity index (χ0v) is 8.19. The average molecular weight is 197 g/mol. The number of nitrogens with zero attached hydrogens (tertiary/aromatic N) is 2. The van der Waals surface area contributed by atoms with Gasteiger partial charge in [0.05, 0.1) is 0 Å². The number of nitrogens with one attached hydrogen (secondary N) is 1. The molecule has 0 bridgehead atoms. The maximum atomic E-state index is 8.60. The number of aromatic amines is 1. The predicted octanol–water partition coefficient (Wildman–Crippen LogP) is 0.923. The third-order valence-corrected chi connectivity index (χ3v) is 1.98. The Balaban J connectivity index is 2.51. The molecule has 1 aromatic rings. The fourth-order valence-electron chi connectivity index (χ4n) is 1.14. The van der Waals surface area contributed by atoms with Gasteiger partial charge in [0.25, 0.3) is 0 Å². The van der Waals surface area contributed by atoms with Crippen LogP contribution in [0.4, 0.5) is 0 Å². The summed E-state index contributed by atoms with van der Waals surface area (Å²) in [5.74, 6) is 0.589. The van der Waals surface area contributed by atoms with Crippen LogP contribution in [-0.2, 0) is 6.42 Å². The van der Waals surface area contributed by atoms with Gasteiger partial charge in [0.1, 0.15) is 5.71 Å². The Hall–Kier alpha value is -1.36. The van der Waals surface area contributed by atoms with Crippen molar-refractivity contribution in [1.82, 2.24) is 9.97 Å². The van der Waals surface area contributed by atoms with E-state index >= 15 is 0 Å². The minimum Gasteiger partial charge on any atom is -0.411 e. The lowest BCUT2D eigenvalue weighted by Gasteiger charge is -1.95. The first-order chi connectivity index (χ1) is 6.77. The number of aliphatic hydroxyl groups is 1. The van der Waals surface area contributed by atoms with E-state index in [-0.39, 0.29) is 6.61 Å². The molecule has 5 heteroatoms. The molecule has 0 atom stereocenters. The fraction of sp³-hybridized carbons (Fsp3) is 0.556. The molecule has 14 heavy (non-hydrogen) atoms. The minimum absolute atomic E-state index is 0.220. The van der Waals surface area contributed by atoms with Gasteiger partial charge in [-0.15, -0.1) is 0 Å². The molecule has 0 saturated carbocycles. The molecular formula is C9H15N3O2. The Morgan fingerprint density at radius 1 is 1.57 bits per heavy atom. The van der Waals surface area contributed by atoms with E-state index in [2.05, 4.69) is 15.1 Å². The monoisotopic (exact) mass is 197 g/mol. The molecule has 1 heterocycles. The maximum absolute atomic E-state index is 8.60. The van der Waals surface area contributed by atoms with E-state index in [1.165, 1.54) is 0 Å². The number of aromatic nitrogens is 2. The first-order valence-electron chi connectivity index (χ1n) is 4.61. The van der Waals surface area contributed by atoms with Crippen molar-refractivity contribution >= 4 is 5.71 Å². The number of unbranched alkanes of at least 4 members (excludes halogenated alkanes) is 1. The molecule has 0 spiro atoms. The number of aryl methyl sites for hydroxylation is 1. The van der Waals surface area contributed by atoms with E-state index in [1.54, 1.807) is 13.1 Å². The standard InChI is InChI=1S/C9H15N3O2/c1-7(12-14)9-10-6-8(11-9)4-2-3-5-13/h6,13-14H,2-5H2,1H3,(H,10,11)/b12-7+. The number of H-pyrrole nitrogens is 1. The highest BCUT2D eigenvalue weighted by Gasteiger charge is 2.03. The van der Waals surface area contributed by atoms with Crippen LogP contribution in [0.2, 0.25) is 0 Å². The fourth-order valence-corrected chi connectivity index (χ4v) is 1.14. The molecule has 0 saturated heterocycles. The van der Waals surface area contributed by atoms with Crippen molar-refractivity contribution < 1.29 is 10.3 Å². The number of hydrogen-bond acceptors (Lipinski definition) is 4. The summed E-state index contributed by atoms with van der Waals surface area (Å²) in [5.41, 5.74) is 1.47.